The molecule has 25 heavy (non-hydrogen) atoms. The number of rotatable bonds is 9. The summed E-state index contributed by atoms with van der Waals surface area (Å²) in [5.41, 5.74) is 4.90. The predicted octanol–water partition coefficient (Wildman–Crippen LogP) is -3.20. The molecule has 140 valence electrons. The van der Waals surface area contributed by atoms with Gasteiger partial charge in [0.2, 0.25) is 23.6 Å². The second kappa shape index (κ2) is 9.57. The summed E-state index contributed by atoms with van der Waals surface area (Å²) in [6, 6.07) is -2.65. The van der Waals surface area contributed by atoms with Gasteiger partial charge in [0, 0.05) is 0 Å². The number of carbonyl (C=O) groups excluding carboxylic acids is 4. The molecular weight excluding hydrogens is 334 g/mol. The van der Waals surface area contributed by atoms with E-state index in [2.05, 4.69) is 21.3 Å². The maximum atomic E-state index is 11.9. The molecule has 0 radical (unpaired) electrons. The van der Waals surface area contributed by atoms with Crippen molar-refractivity contribution in [3.05, 3.63) is 0 Å². The second-order valence-corrected chi connectivity index (χ2v) is 5.73. The maximum absolute atomic E-state index is 11.9. The van der Waals surface area contributed by atoms with Gasteiger partial charge in [0.15, 0.2) is 0 Å². The Hall–Kier alpha value is -2.69. The number of carboxylic acids is 1. The van der Waals surface area contributed by atoms with E-state index in [4.69, 9.17) is 10.8 Å². The van der Waals surface area contributed by atoms with Crippen molar-refractivity contribution in [2.24, 2.45) is 5.73 Å². The third-order valence-corrected chi connectivity index (χ3v) is 3.59. The van der Waals surface area contributed by atoms with E-state index < -0.39 is 48.7 Å². The Morgan fingerprint density at radius 1 is 1.24 bits per heavy atom. The topological polar surface area (TPSA) is 180 Å². The fourth-order valence-corrected chi connectivity index (χ4v) is 2.25. The monoisotopic (exact) mass is 357 g/mol. The molecule has 0 spiro atoms. The molecule has 11 nitrogen and oxygen atoms in total. The van der Waals surface area contributed by atoms with Gasteiger partial charge in [0.05, 0.1) is 19.0 Å². The van der Waals surface area contributed by atoms with Crippen LogP contribution in [-0.4, -0.2) is 65.9 Å². The Morgan fingerprint density at radius 2 is 1.92 bits per heavy atom. The molecule has 0 saturated carbocycles. The van der Waals surface area contributed by atoms with Crippen LogP contribution in [0.3, 0.4) is 0 Å². The van der Waals surface area contributed by atoms with E-state index in [1.54, 1.807) is 0 Å². The van der Waals surface area contributed by atoms with Crippen molar-refractivity contribution < 1.29 is 29.1 Å². The van der Waals surface area contributed by atoms with Gasteiger partial charge < -0.3 is 32.1 Å². The zero-order valence-electron chi connectivity index (χ0n) is 13.8. The lowest BCUT2D eigenvalue weighted by Crippen LogP contribution is -2.52. The highest BCUT2D eigenvalue weighted by Crippen LogP contribution is 2.04. The number of nitrogens with two attached hydrogens (primary N) is 1. The van der Waals surface area contributed by atoms with Crippen molar-refractivity contribution in [1.82, 2.24) is 21.3 Å². The molecule has 7 N–H and O–H groups in total. The third kappa shape index (κ3) is 7.16. The van der Waals surface area contributed by atoms with Gasteiger partial charge in [-0.15, -0.1) is 0 Å². The first kappa shape index (κ1) is 20.4. The van der Waals surface area contributed by atoms with Crippen LogP contribution in [-0.2, 0) is 24.0 Å². The largest absolute Gasteiger partial charge is 0.480 e. The van der Waals surface area contributed by atoms with Gasteiger partial charge in [-0.05, 0) is 26.3 Å². The molecule has 1 saturated heterocycles. The molecule has 11 heteroatoms. The van der Waals surface area contributed by atoms with Crippen molar-refractivity contribution >= 4 is 29.6 Å². The molecule has 0 aromatic carbocycles. The Kier molecular flexibility index (Phi) is 7.79. The molecule has 1 heterocycles. The quantitative estimate of drug-likeness (QED) is 0.251. The molecule has 0 aliphatic carbocycles. The van der Waals surface area contributed by atoms with E-state index in [1.165, 1.54) is 6.92 Å². The number of primary amides is 1. The van der Waals surface area contributed by atoms with Crippen LogP contribution in [0, 0.1) is 0 Å². The van der Waals surface area contributed by atoms with Crippen molar-refractivity contribution in [2.75, 3.05) is 13.1 Å². The van der Waals surface area contributed by atoms with Crippen LogP contribution in [0.1, 0.15) is 26.2 Å². The first-order valence-corrected chi connectivity index (χ1v) is 7.82. The van der Waals surface area contributed by atoms with Gasteiger partial charge >= 0.3 is 5.97 Å². The lowest BCUT2D eigenvalue weighted by atomic mass is 10.2. The Labute approximate surface area is 144 Å². The van der Waals surface area contributed by atoms with Crippen LogP contribution in [0.5, 0.6) is 0 Å². The van der Waals surface area contributed by atoms with E-state index in [-0.39, 0.29) is 11.9 Å². The summed E-state index contributed by atoms with van der Waals surface area (Å²) < 4.78 is 0. The highest BCUT2D eigenvalue weighted by molar-refractivity contribution is 5.93. The molecule has 1 aliphatic heterocycles. The molecule has 0 aromatic heterocycles. The summed E-state index contributed by atoms with van der Waals surface area (Å²) in [4.78, 5) is 57.1. The van der Waals surface area contributed by atoms with Gasteiger partial charge in [0.1, 0.15) is 12.1 Å². The summed E-state index contributed by atoms with van der Waals surface area (Å²) in [7, 11) is 0. The normalized spacial score (nSPS) is 18.7. The number of amides is 4. The lowest BCUT2D eigenvalue weighted by molar-refractivity contribution is -0.143. The van der Waals surface area contributed by atoms with Crippen molar-refractivity contribution in [1.29, 1.82) is 0 Å². The van der Waals surface area contributed by atoms with Crippen LogP contribution in [0.4, 0.5) is 0 Å². The highest BCUT2D eigenvalue weighted by atomic mass is 16.4. The molecule has 0 bridgehead atoms. The zero-order valence-corrected chi connectivity index (χ0v) is 13.8. The fourth-order valence-electron chi connectivity index (χ4n) is 2.25. The van der Waals surface area contributed by atoms with Crippen LogP contribution in [0.15, 0.2) is 0 Å². The number of hydrogen-bond donors (Lipinski definition) is 6. The highest BCUT2D eigenvalue weighted by Gasteiger charge is 2.26. The van der Waals surface area contributed by atoms with Gasteiger partial charge in [-0.25, -0.2) is 4.79 Å². The number of hydrogen-bond acceptors (Lipinski definition) is 6. The van der Waals surface area contributed by atoms with Crippen LogP contribution < -0.4 is 27.0 Å². The number of nitrogens with one attached hydrogen (secondary N) is 4. The molecular formula is C14H23N5O6. The van der Waals surface area contributed by atoms with Crippen molar-refractivity contribution in [3.8, 4) is 0 Å². The first-order chi connectivity index (χ1) is 11.7. The first-order valence-electron chi connectivity index (χ1n) is 7.82. The Balaban J connectivity index is 2.38. The van der Waals surface area contributed by atoms with Gasteiger partial charge in [-0.1, -0.05) is 0 Å². The maximum Gasteiger partial charge on any atom is 0.326 e. The minimum atomic E-state index is -1.47. The molecule has 1 rings (SSSR count). The van der Waals surface area contributed by atoms with Gasteiger partial charge in [-0.2, -0.15) is 0 Å². The van der Waals surface area contributed by atoms with Crippen LogP contribution in [0.2, 0.25) is 0 Å². The summed E-state index contributed by atoms with van der Waals surface area (Å²) in [6.07, 6.45) is 1.02. The van der Waals surface area contributed by atoms with E-state index >= 15 is 0 Å². The summed E-state index contributed by atoms with van der Waals surface area (Å²) in [5.74, 6) is -3.98. The summed E-state index contributed by atoms with van der Waals surface area (Å²) in [5, 5.41) is 18.8. The van der Waals surface area contributed by atoms with E-state index in [0.29, 0.717) is 6.42 Å². The molecule has 1 fully saturated rings. The molecule has 1 aliphatic rings. The molecule has 4 amide bonds. The number of aliphatic carboxylic acids is 1. The number of carbonyl (C=O) groups is 5. The minimum absolute atomic E-state index is 0.294. The minimum Gasteiger partial charge on any atom is -0.480 e. The number of carboxylic acid groups (broad SMARTS) is 1. The van der Waals surface area contributed by atoms with Crippen LogP contribution >= 0.6 is 0 Å². The second-order valence-electron chi connectivity index (χ2n) is 5.73. The van der Waals surface area contributed by atoms with Gasteiger partial charge in [-0.3, -0.25) is 19.2 Å². The summed E-state index contributed by atoms with van der Waals surface area (Å²) in [6.45, 7) is 1.71. The van der Waals surface area contributed by atoms with Crippen LogP contribution in [0.25, 0.3) is 0 Å². The van der Waals surface area contributed by atoms with E-state index in [1.807, 2.05) is 0 Å². The van der Waals surface area contributed by atoms with Gasteiger partial charge in [0.25, 0.3) is 0 Å². The standard InChI is InChI=1S/C14H23N5O6/c1-7(18-13(23)8-3-2-4-16-8)12(22)17-6-11(21)19-9(14(24)25)5-10(15)20/h7-9,16H,2-6H2,1H3,(H2,15,20)(H,17,22)(H,18,23)(H,19,21)(H,24,25). The fraction of sp³-hybridized carbons (Fsp3) is 0.643. The predicted molar refractivity (Wildman–Crippen MR) is 85.0 cm³/mol. The average molecular weight is 357 g/mol. The average Bonchev–Trinajstić information content (AvgIpc) is 3.05. The Bertz CT molecular complexity index is 546. The van der Waals surface area contributed by atoms with E-state index in [0.717, 1.165) is 13.0 Å². The molecule has 3 unspecified atom stereocenters. The molecule has 0 aromatic rings. The lowest BCUT2D eigenvalue weighted by Gasteiger charge is -2.17. The van der Waals surface area contributed by atoms with Crippen molar-refractivity contribution in [2.45, 2.75) is 44.3 Å². The SMILES string of the molecule is CC(NC(=O)C1CCCN1)C(=O)NCC(=O)NC(CC(N)=O)C(=O)O. The Morgan fingerprint density at radius 3 is 2.44 bits per heavy atom. The molecule has 3 atom stereocenters. The smallest absolute Gasteiger partial charge is 0.326 e. The summed E-state index contributed by atoms with van der Waals surface area (Å²) >= 11 is 0. The zero-order chi connectivity index (χ0) is 19.0. The van der Waals surface area contributed by atoms with E-state index in [9.17, 15) is 24.0 Å². The van der Waals surface area contributed by atoms with Crippen molar-refractivity contribution in [3.63, 3.8) is 0 Å². The third-order valence-electron chi connectivity index (χ3n) is 3.59.